The second-order valence-corrected chi connectivity index (χ2v) is 8.02. The summed E-state index contributed by atoms with van der Waals surface area (Å²) in [6.07, 6.45) is 5.76. The molecular weight excluding hydrogens is 326 g/mol. The number of hydrogen-bond acceptors (Lipinski definition) is 2. The van der Waals surface area contributed by atoms with E-state index in [0.717, 1.165) is 23.7 Å². The first-order valence-electron chi connectivity index (χ1n) is 7.88. The molecule has 0 radical (unpaired) electrons. The Labute approximate surface area is 137 Å². The standard InChI is InChI=1S/C18H28BrNO/c1-17(2)9-11-18(21-4,12-10-17)16(20-3)13-14-5-7-15(19)8-6-14/h5-8,16,20H,9-13H2,1-4H3. The van der Waals surface area contributed by atoms with Crippen molar-refractivity contribution < 1.29 is 4.74 Å². The first-order chi connectivity index (χ1) is 9.91. The Bertz CT molecular complexity index is 445. The zero-order valence-corrected chi connectivity index (χ0v) is 15.3. The lowest BCUT2D eigenvalue weighted by atomic mass is 9.67. The van der Waals surface area contributed by atoms with E-state index in [0.29, 0.717) is 11.5 Å². The predicted octanol–water partition coefficient (Wildman–Crippen LogP) is 4.57. The van der Waals surface area contributed by atoms with Crippen LogP contribution in [-0.2, 0) is 11.2 Å². The molecule has 1 aliphatic rings. The minimum Gasteiger partial charge on any atom is -0.377 e. The maximum absolute atomic E-state index is 6.05. The van der Waals surface area contributed by atoms with Crippen LogP contribution in [0.25, 0.3) is 0 Å². The van der Waals surface area contributed by atoms with Crippen molar-refractivity contribution in [1.82, 2.24) is 5.32 Å². The van der Waals surface area contributed by atoms with Crippen LogP contribution in [0.5, 0.6) is 0 Å². The fourth-order valence-corrected chi connectivity index (χ4v) is 3.72. The van der Waals surface area contributed by atoms with Crippen LogP contribution in [0.1, 0.15) is 45.1 Å². The zero-order valence-electron chi connectivity index (χ0n) is 13.7. The first kappa shape index (κ1) is 17.0. The van der Waals surface area contributed by atoms with Crippen molar-refractivity contribution in [2.45, 2.75) is 57.6 Å². The summed E-state index contributed by atoms with van der Waals surface area (Å²) in [6, 6.07) is 8.99. The Morgan fingerprint density at radius 1 is 1.14 bits per heavy atom. The highest BCUT2D eigenvalue weighted by Crippen LogP contribution is 2.43. The number of likely N-dealkylation sites (N-methyl/N-ethyl adjacent to an activating group) is 1. The van der Waals surface area contributed by atoms with E-state index in [1.54, 1.807) is 0 Å². The lowest BCUT2D eigenvalue weighted by molar-refractivity contribution is -0.0847. The van der Waals surface area contributed by atoms with Crippen molar-refractivity contribution in [2.24, 2.45) is 5.41 Å². The number of benzene rings is 1. The molecule has 1 N–H and O–H groups in total. The van der Waals surface area contributed by atoms with Gasteiger partial charge in [-0.05, 0) is 62.3 Å². The topological polar surface area (TPSA) is 21.3 Å². The first-order valence-corrected chi connectivity index (χ1v) is 8.67. The van der Waals surface area contributed by atoms with Gasteiger partial charge < -0.3 is 10.1 Å². The number of nitrogens with one attached hydrogen (secondary N) is 1. The fraction of sp³-hybridized carbons (Fsp3) is 0.667. The third-order valence-electron chi connectivity index (χ3n) is 5.19. The monoisotopic (exact) mass is 353 g/mol. The third-order valence-corrected chi connectivity index (χ3v) is 5.72. The molecule has 1 saturated carbocycles. The molecule has 0 bridgehead atoms. The van der Waals surface area contributed by atoms with Crippen LogP contribution < -0.4 is 5.32 Å². The van der Waals surface area contributed by atoms with Gasteiger partial charge in [0.25, 0.3) is 0 Å². The van der Waals surface area contributed by atoms with Crippen molar-refractivity contribution in [1.29, 1.82) is 0 Å². The predicted molar refractivity (Wildman–Crippen MR) is 92.7 cm³/mol. The van der Waals surface area contributed by atoms with Crippen molar-refractivity contribution >= 4 is 15.9 Å². The van der Waals surface area contributed by atoms with E-state index < -0.39 is 0 Å². The fourth-order valence-electron chi connectivity index (χ4n) is 3.45. The SMILES string of the molecule is CNC(Cc1ccc(Br)cc1)C1(OC)CCC(C)(C)CC1. The number of hydrogen-bond donors (Lipinski definition) is 1. The van der Waals surface area contributed by atoms with Gasteiger partial charge in [0.2, 0.25) is 0 Å². The van der Waals surface area contributed by atoms with Gasteiger partial charge in [0.1, 0.15) is 0 Å². The molecule has 118 valence electrons. The van der Waals surface area contributed by atoms with E-state index in [1.807, 2.05) is 7.11 Å². The Morgan fingerprint density at radius 3 is 2.19 bits per heavy atom. The van der Waals surface area contributed by atoms with Crippen molar-refractivity contribution in [3.63, 3.8) is 0 Å². The van der Waals surface area contributed by atoms with Gasteiger partial charge in [0.15, 0.2) is 0 Å². The molecule has 0 saturated heterocycles. The van der Waals surface area contributed by atoms with Gasteiger partial charge in [0.05, 0.1) is 5.60 Å². The van der Waals surface area contributed by atoms with Crippen LogP contribution in [0.15, 0.2) is 28.7 Å². The van der Waals surface area contributed by atoms with Gasteiger partial charge >= 0.3 is 0 Å². The van der Waals surface area contributed by atoms with Crippen LogP contribution in [0.4, 0.5) is 0 Å². The molecule has 2 nitrogen and oxygen atoms in total. The van der Waals surface area contributed by atoms with Crippen LogP contribution in [-0.4, -0.2) is 25.8 Å². The highest BCUT2D eigenvalue weighted by molar-refractivity contribution is 9.10. The summed E-state index contributed by atoms with van der Waals surface area (Å²) in [7, 11) is 3.94. The van der Waals surface area contributed by atoms with E-state index in [-0.39, 0.29) is 5.60 Å². The Kier molecular flexibility index (Phi) is 5.50. The van der Waals surface area contributed by atoms with Gasteiger partial charge in [-0.3, -0.25) is 0 Å². The van der Waals surface area contributed by atoms with Crippen molar-refractivity contribution in [3.8, 4) is 0 Å². The Morgan fingerprint density at radius 2 is 1.71 bits per heavy atom. The average Bonchev–Trinajstić information content (AvgIpc) is 2.48. The van der Waals surface area contributed by atoms with E-state index in [4.69, 9.17) is 4.74 Å². The van der Waals surface area contributed by atoms with Crippen molar-refractivity contribution in [2.75, 3.05) is 14.2 Å². The second-order valence-electron chi connectivity index (χ2n) is 7.10. The third kappa shape index (κ3) is 4.08. The number of methoxy groups -OCH3 is 1. The summed E-state index contributed by atoms with van der Waals surface area (Å²) < 4.78 is 7.18. The van der Waals surface area contributed by atoms with E-state index in [2.05, 4.69) is 66.4 Å². The highest BCUT2D eigenvalue weighted by atomic mass is 79.9. The van der Waals surface area contributed by atoms with E-state index >= 15 is 0 Å². The molecule has 1 aromatic rings. The Hall–Kier alpha value is -0.380. The van der Waals surface area contributed by atoms with Crippen LogP contribution in [0, 0.1) is 5.41 Å². The summed E-state index contributed by atoms with van der Waals surface area (Å²) in [5.74, 6) is 0. The molecule has 1 unspecified atom stereocenters. The largest absolute Gasteiger partial charge is 0.377 e. The lowest BCUT2D eigenvalue weighted by Gasteiger charge is -2.47. The molecule has 1 aliphatic carbocycles. The molecule has 21 heavy (non-hydrogen) atoms. The van der Waals surface area contributed by atoms with Crippen LogP contribution in [0.2, 0.25) is 0 Å². The molecule has 3 heteroatoms. The molecule has 1 fully saturated rings. The van der Waals surface area contributed by atoms with Crippen LogP contribution >= 0.6 is 15.9 Å². The molecule has 1 aromatic carbocycles. The molecule has 1 atom stereocenters. The smallest absolute Gasteiger partial charge is 0.0834 e. The minimum atomic E-state index is -0.0304. The summed E-state index contributed by atoms with van der Waals surface area (Å²) >= 11 is 3.50. The molecule has 0 aliphatic heterocycles. The highest BCUT2D eigenvalue weighted by Gasteiger charge is 2.43. The molecular formula is C18H28BrNO. The van der Waals surface area contributed by atoms with Gasteiger partial charge in [0, 0.05) is 17.6 Å². The molecule has 0 heterocycles. The number of halogens is 1. The maximum atomic E-state index is 6.05. The summed E-state index contributed by atoms with van der Waals surface area (Å²) in [6.45, 7) is 4.74. The van der Waals surface area contributed by atoms with Gasteiger partial charge in [-0.15, -0.1) is 0 Å². The molecule has 0 amide bonds. The number of rotatable bonds is 5. The lowest BCUT2D eigenvalue weighted by Crippen LogP contribution is -2.54. The minimum absolute atomic E-state index is 0.0304. The van der Waals surface area contributed by atoms with Crippen molar-refractivity contribution in [3.05, 3.63) is 34.3 Å². The van der Waals surface area contributed by atoms with Crippen LogP contribution in [0.3, 0.4) is 0 Å². The van der Waals surface area contributed by atoms with E-state index in [9.17, 15) is 0 Å². The summed E-state index contributed by atoms with van der Waals surface area (Å²) in [4.78, 5) is 0. The molecule has 0 aromatic heterocycles. The summed E-state index contributed by atoms with van der Waals surface area (Å²) in [5.41, 5.74) is 1.79. The zero-order chi connectivity index (χ0) is 15.5. The maximum Gasteiger partial charge on any atom is 0.0834 e. The molecule has 2 rings (SSSR count). The average molecular weight is 354 g/mol. The van der Waals surface area contributed by atoms with Gasteiger partial charge in [-0.2, -0.15) is 0 Å². The van der Waals surface area contributed by atoms with Gasteiger partial charge in [-0.25, -0.2) is 0 Å². The Balaban J connectivity index is 2.12. The second kappa shape index (κ2) is 6.80. The summed E-state index contributed by atoms with van der Waals surface area (Å²) in [5, 5.41) is 3.52. The normalized spacial score (nSPS) is 22.0. The number of ether oxygens (including phenoxy) is 1. The quantitative estimate of drug-likeness (QED) is 0.837. The van der Waals surface area contributed by atoms with Gasteiger partial charge in [-0.1, -0.05) is 41.9 Å². The van der Waals surface area contributed by atoms with E-state index in [1.165, 1.54) is 18.4 Å². The molecule has 0 spiro atoms.